The zero-order chi connectivity index (χ0) is 20.4. The summed E-state index contributed by atoms with van der Waals surface area (Å²) in [6, 6.07) is 12.6. The van der Waals surface area contributed by atoms with E-state index in [0.717, 1.165) is 43.4 Å². The minimum Gasteiger partial charge on any atom is -0.457 e. The van der Waals surface area contributed by atoms with Gasteiger partial charge in [-0.1, -0.05) is 45.8 Å². The summed E-state index contributed by atoms with van der Waals surface area (Å²) in [5, 5.41) is 1.00. The zero-order valence-electron chi connectivity index (χ0n) is 16.3. The summed E-state index contributed by atoms with van der Waals surface area (Å²) in [7, 11) is 0. The van der Waals surface area contributed by atoms with Gasteiger partial charge in [0.05, 0.1) is 14.1 Å². The Morgan fingerprint density at radius 3 is 2.59 bits per heavy atom. The number of alkyl halides is 1. The molecule has 0 aromatic heterocycles. The van der Waals surface area contributed by atoms with Crippen LogP contribution >= 0.6 is 45.8 Å². The third-order valence-corrected chi connectivity index (χ3v) is 6.72. The SMILES string of the molecule is NC(I)Cc1cc(N2CCCN(C3CC3)CC2)ccc1Oc1ccc(Cl)c(Cl)c1. The lowest BCUT2D eigenvalue weighted by molar-refractivity contribution is 0.283. The lowest BCUT2D eigenvalue weighted by Gasteiger charge is -2.25. The normalized spacial score (nSPS) is 19.1. The van der Waals surface area contributed by atoms with Crippen LogP contribution in [0, 0.1) is 0 Å². The second-order valence-corrected chi connectivity index (χ2v) is 10.2. The summed E-state index contributed by atoms with van der Waals surface area (Å²) in [6.07, 6.45) is 4.70. The van der Waals surface area contributed by atoms with Gasteiger partial charge in [-0.15, -0.1) is 0 Å². The summed E-state index contributed by atoms with van der Waals surface area (Å²) in [5.74, 6) is 1.49. The molecule has 0 amide bonds. The molecular formula is C22H26Cl2IN3O. The van der Waals surface area contributed by atoms with Crippen LogP contribution in [0.1, 0.15) is 24.8 Å². The lowest BCUT2D eigenvalue weighted by Crippen LogP contribution is -2.32. The van der Waals surface area contributed by atoms with E-state index in [9.17, 15) is 0 Å². The Morgan fingerprint density at radius 2 is 1.86 bits per heavy atom. The molecule has 1 aliphatic heterocycles. The van der Waals surface area contributed by atoms with E-state index < -0.39 is 0 Å². The van der Waals surface area contributed by atoms with E-state index in [1.165, 1.54) is 31.5 Å². The summed E-state index contributed by atoms with van der Waals surface area (Å²) < 4.78 is 6.16. The van der Waals surface area contributed by atoms with Crippen LogP contribution in [-0.4, -0.2) is 41.2 Å². The summed E-state index contributed by atoms with van der Waals surface area (Å²) >= 11 is 14.4. The molecule has 1 unspecified atom stereocenters. The third kappa shape index (κ3) is 5.70. The molecule has 0 radical (unpaired) electrons. The molecule has 2 aromatic carbocycles. The first kappa shape index (κ1) is 21.5. The Bertz CT molecular complexity index is 860. The topological polar surface area (TPSA) is 41.7 Å². The van der Waals surface area contributed by atoms with E-state index in [1.54, 1.807) is 12.1 Å². The number of benzene rings is 2. The van der Waals surface area contributed by atoms with E-state index in [1.807, 2.05) is 6.07 Å². The first-order valence-corrected chi connectivity index (χ1v) is 12.1. The standard InChI is InChI=1S/C22H26Cl2IN3O/c23-19-6-5-18(14-20(19)24)29-21-7-4-17(12-15(21)13-22(25)26)28-9-1-8-27(10-11-28)16-2-3-16/h4-7,12,14,16,22H,1-3,8-11,13,26H2. The highest BCUT2D eigenvalue weighted by molar-refractivity contribution is 14.1. The number of rotatable bonds is 6. The predicted octanol–water partition coefficient (Wildman–Crippen LogP) is 5.72. The highest BCUT2D eigenvalue weighted by atomic mass is 127. The number of nitrogens with two attached hydrogens (primary N) is 1. The van der Waals surface area contributed by atoms with Gasteiger partial charge in [-0.05, 0) is 55.2 Å². The molecule has 1 aliphatic carbocycles. The van der Waals surface area contributed by atoms with Gasteiger partial charge < -0.3 is 15.4 Å². The molecule has 4 rings (SSSR count). The Morgan fingerprint density at radius 1 is 1.03 bits per heavy atom. The van der Waals surface area contributed by atoms with Gasteiger partial charge in [0.1, 0.15) is 11.5 Å². The smallest absolute Gasteiger partial charge is 0.130 e. The van der Waals surface area contributed by atoms with Crippen LogP contribution in [0.25, 0.3) is 0 Å². The van der Waals surface area contributed by atoms with Gasteiger partial charge >= 0.3 is 0 Å². The maximum atomic E-state index is 6.14. The molecular weight excluding hydrogens is 520 g/mol. The van der Waals surface area contributed by atoms with Crippen LogP contribution in [0.3, 0.4) is 0 Å². The third-order valence-electron chi connectivity index (χ3n) is 5.54. The first-order valence-electron chi connectivity index (χ1n) is 10.1. The fourth-order valence-corrected chi connectivity index (χ4v) is 4.66. The van der Waals surface area contributed by atoms with Gasteiger partial charge in [-0.25, -0.2) is 0 Å². The second kappa shape index (κ2) is 9.60. The molecule has 2 N–H and O–H groups in total. The molecule has 0 bridgehead atoms. The van der Waals surface area contributed by atoms with E-state index in [0.29, 0.717) is 15.8 Å². The Hall–Kier alpha value is -0.730. The average molecular weight is 546 g/mol. The monoisotopic (exact) mass is 545 g/mol. The Balaban J connectivity index is 1.54. The molecule has 2 aliphatic rings. The Kier molecular flexibility index (Phi) is 7.12. The zero-order valence-corrected chi connectivity index (χ0v) is 20.0. The van der Waals surface area contributed by atoms with Gasteiger partial charge in [0.25, 0.3) is 0 Å². The number of nitrogens with zero attached hydrogens (tertiary/aromatic N) is 2. The largest absolute Gasteiger partial charge is 0.457 e. The molecule has 29 heavy (non-hydrogen) atoms. The molecule has 1 heterocycles. The van der Waals surface area contributed by atoms with Crippen LogP contribution in [-0.2, 0) is 6.42 Å². The Labute approximate surface area is 196 Å². The van der Waals surface area contributed by atoms with Gasteiger partial charge in [0.2, 0.25) is 0 Å². The van der Waals surface area contributed by atoms with E-state index in [4.69, 9.17) is 33.7 Å². The number of halogens is 3. The predicted molar refractivity (Wildman–Crippen MR) is 130 cm³/mol. The molecule has 156 valence electrons. The highest BCUT2D eigenvalue weighted by Crippen LogP contribution is 2.34. The van der Waals surface area contributed by atoms with Crippen molar-refractivity contribution in [1.82, 2.24) is 4.90 Å². The van der Waals surface area contributed by atoms with Gasteiger partial charge in [0, 0.05) is 50.4 Å². The molecule has 0 spiro atoms. The number of anilines is 1. The summed E-state index contributed by atoms with van der Waals surface area (Å²) in [4.78, 5) is 5.15. The number of ether oxygens (including phenoxy) is 1. The van der Waals surface area contributed by atoms with Crippen molar-refractivity contribution in [3.63, 3.8) is 0 Å². The summed E-state index contributed by atoms with van der Waals surface area (Å²) in [5.41, 5.74) is 8.47. The molecule has 2 fully saturated rings. The fourth-order valence-electron chi connectivity index (χ4n) is 3.90. The van der Waals surface area contributed by atoms with Crippen molar-refractivity contribution < 1.29 is 4.74 Å². The maximum absolute atomic E-state index is 6.14. The van der Waals surface area contributed by atoms with Crippen LogP contribution in [0.15, 0.2) is 36.4 Å². The van der Waals surface area contributed by atoms with Crippen molar-refractivity contribution in [3.8, 4) is 11.5 Å². The van der Waals surface area contributed by atoms with E-state index >= 15 is 0 Å². The first-order chi connectivity index (χ1) is 14.0. The second-order valence-electron chi connectivity index (χ2n) is 7.80. The van der Waals surface area contributed by atoms with E-state index in [2.05, 4.69) is 50.6 Å². The minimum atomic E-state index is 0.0218. The van der Waals surface area contributed by atoms with Gasteiger partial charge in [-0.3, -0.25) is 4.90 Å². The molecule has 2 aromatic rings. The van der Waals surface area contributed by atoms with Crippen molar-refractivity contribution in [3.05, 3.63) is 52.0 Å². The molecule has 1 saturated carbocycles. The molecule has 7 heteroatoms. The van der Waals surface area contributed by atoms with Crippen molar-refractivity contribution in [1.29, 1.82) is 0 Å². The fraction of sp³-hybridized carbons (Fsp3) is 0.455. The van der Waals surface area contributed by atoms with Crippen molar-refractivity contribution >= 4 is 51.5 Å². The van der Waals surface area contributed by atoms with E-state index in [-0.39, 0.29) is 4.05 Å². The van der Waals surface area contributed by atoms with Crippen LogP contribution < -0.4 is 15.4 Å². The molecule has 1 saturated heterocycles. The number of hydrogen-bond acceptors (Lipinski definition) is 4. The van der Waals surface area contributed by atoms with Crippen molar-refractivity contribution in [2.24, 2.45) is 5.73 Å². The molecule has 4 nitrogen and oxygen atoms in total. The number of hydrogen-bond donors (Lipinski definition) is 1. The van der Waals surface area contributed by atoms with Crippen LogP contribution in [0.5, 0.6) is 11.5 Å². The summed E-state index contributed by atoms with van der Waals surface area (Å²) in [6.45, 7) is 4.52. The van der Waals surface area contributed by atoms with Gasteiger partial charge in [-0.2, -0.15) is 0 Å². The van der Waals surface area contributed by atoms with Gasteiger partial charge in [0.15, 0.2) is 0 Å². The maximum Gasteiger partial charge on any atom is 0.130 e. The van der Waals surface area contributed by atoms with Crippen molar-refractivity contribution in [2.75, 3.05) is 31.1 Å². The minimum absolute atomic E-state index is 0.0218. The average Bonchev–Trinajstić information content (AvgIpc) is 3.52. The lowest BCUT2D eigenvalue weighted by atomic mass is 10.1. The van der Waals surface area contributed by atoms with Crippen LogP contribution in [0.4, 0.5) is 5.69 Å². The van der Waals surface area contributed by atoms with Crippen molar-refractivity contribution in [2.45, 2.75) is 35.8 Å². The quantitative estimate of drug-likeness (QED) is 0.286. The highest BCUT2D eigenvalue weighted by Gasteiger charge is 2.30. The van der Waals surface area contributed by atoms with Crippen LogP contribution in [0.2, 0.25) is 10.0 Å². The molecule has 1 atom stereocenters.